The molecule has 0 saturated heterocycles. The van der Waals surface area contributed by atoms with Crippen LogP contribution in [0.2, 0.25) is 0 Å². The number of carbonyl (C=O) groups excluding carboxylic acids is 1. The van der Waals surface area contributed by atoms with Gasteiger partial charge in [0.2, 0.25) is 5.91 Å². The van der Waals surface area contributed by atoms with E-state index < -0.39 is 11.7 Å². The van der Waals surface area contributed by atoms with Gasteiger partial charge in [-0.15, -0.1) is 0 Å². The van der Waals surface area contributed by atoms with E-state index in [1.807, 2.05) is 13.0 Å². The van der Waals surface area contributed by atoms with E-state index in [-0.39, 0.29) is 24.6 Å². The summed E-state index contributed by atoms with van der Waals surface area (Å²) in [5.41, 5.74) is 0.963. The van der Waals surface area contributed by atoms with Crippen molar-refractivity contribution in [1.29, 1.82) is 0 Å². The fourth-order valence-corrected chi connectivity index (χ4v) is 2.88. The van der Waals surface area contributed by atoms with Crippen molar-refractivity contribution >= 4 is 16.8 Å². The van der Waals surface area contributed by atoms with Crippen molar-refractivity contribution in [2.75, 3.05) is 7.05 Å². The number of amides is 1. The van der Waals surface area contributed by atoms with E-state index in [4.69, 9.17) is 0 Å². The van der Waals surface area contributed by atoms with Gasteiger partial charge in [-0.1, -0.05) is 24.3 Å². The number of hydrogen-bond donors (Lipinski definition) is 0. The van der Waals surface area contributed by atoms with Gasteiger partial charge in [0.15, 0.2) is 0 Å². The first-order valence-corrected chi connectivity index (χ1v) is 8.51. The van der Waals surface area contributed by atoms with Crippen LogP contribution in [0.25, 0.3) is 10.9 Å². The van der Waals surface area contributed by atoms with E-state index in [9.17, 15) is 22.8 Å². The summed E-state index contributed by atoms with van der Waals surface area (Å²) in [6.45, 7) is 1.78. The highest BCUT2D eigenvalue weighted by molar-refractivity contribution is 5.81. The maximum absolute atomic E-state index is 12.6. The Bertz CT molecular complexity index is 1070. The minimum Gasteiger partial charge on any atom is -0.340 e. The SMILES string of the molecule is Cc1cccc2c(=O)n(CC(=O)N(C)Cc3ccc(C(F)(F)F)cc3)cnc12. The van der Waals surface area contributed by atoms with Crippen molar-refractivity contribution < 1.29 is 18.0 Å². The minimum absolute atomic E-state index is 0.131. The summed E-state index contributed by atoms with van der Waals surface area (Å²) in [6.07, 6.45) is -3.07. The number of rotatable bonds is 4. The van der Waals surface area contributed by atoms with Crippen LogP contribution in [0.1, 0.15) is 16.7 Å². The highest BCUT2D eigenvalue weighted by Gasteiger charge is 2.30. The van der Waals surface area contributed by atoms with Crippen molar-refractivity contribution in [2.24, 2.45) is 0 Å². The molecule has 3 aromatic rings. The van der Waals surface area contributed by atoms with Crippen molar-refractivity contribution in [2.45, 2.75) is 26.2 Å². The van der Waals surface area contributed by atoms with E-state index in [1.54, 1.807) is 12.1 Å². The molecular formula is C20H18F3N3O2. The molecule has 0 atom stereocenters. The molecule has 0 fully saturated rings. The zero-order chi connectivity index (χ0) is 20.5. The van der Waals surface area contributed by atoms with Crippen LogP contribution in [0.4, 0.5) is 13.2 Å². The van der Waals surface area contributed by atoms with Gasteiger partial charge in [0, 0.05) is 13.6 Å². The Kier molecular flexibility index (Phi) is 5.22. The van der Waals surface area contributed by atoms with Crippen LogP contribution >= 0.6 is 0 Å². The Hall–Kier alpha value is -3.16. The van der Waals surface area contributed by atoms with Crippen LogP contribution < -0.4 is 5.56 Å². The van der Waals surface area contributed by atoms with Crippen molar-refractivity contribution in [1.82, 2.24) is 14.5 Å². The molecule has 8 heteroatoms. The fourth-order valence-electron chi connectivity index (χ4n) is 2.88. The molecule has 0 saturated carbocycles. The van der Waals surface area contributed by atoms with Gasteiger partial charge in [-0.25, -0.2) is 4.98 Å². The summed E-state index contributed by atoms with van der Waals surface area (Å²) in [5, 5.41) is 0.431. The molecule has 5 nitrogen and oxygen atoms in total. The molecular weight excluding hydrogens is 371 g/mol. The first-order chi connectivity index (χ1) is 13.2. The zero-order valence-electron chi connectivity index (χ0n) is 15.3. The van der Waals surface area contributed by atoms with Gasteiger partial charge < -0.3 is 4.90 Å². The van der Waals surface area contributed by atoms with Crippen molar-refractivity contribution in [3.63, 3.8) is 0 Å². The normalized spacial score (nSPS) is 11.6. The Morgan fingerprint density at radius 2 is 1.82 bits per heavy atom. The van der Waals surface area contributed by atoms with Crippen LogP contribution in [0, 0.1) is 6.92 Å². The second-order valence-electron chi connectivity index (χ2n) is 6.59. The summed E-state index contributed by atoms with van der Waals surface area (Å²) in [7, 11) is 1.53. The van der Waals surface area contributed by atoms with Gasteiger partial charge in [-0.2, -0.15) is 13.2 Å². The van der Waals surface area contributed by atoms with E-state index in [1.165, 1.54) is 35.0 Å². The third kappa shape index (κ3) is 4.05. The number of benzene rings is 2. The largest absolute Gasteiger partial charge is 0.416 e. The van der Waals surface area contributed by atoms with Crippen LogP contribution in [0.3, 0.4) is 0 Å². The number of carbonyl (C=O) groups is 1. The number of para-hydroxylation sites is 1. The lowest BCUT2D eigenvalue weighted by Crippen LogP contribution is -2.33. The minimum atomic E-state index is -4.40. The summed E-state index contributed by atoms with van der Waals surface area (Å²) in [6, 6.07) is 9.88. The average molecular weight is 389 g/mol. The average Bonchev–Trinajstić information content (AvgIpc) is 2.64. The van der Waals surface area contributed by atoms with Gasteiger partial charge in [0.25, 0.3) is 5.56 Å². The molecule has 0 N–H and O–H groups in total. The number of halogens is 3. The highest BCUT2D eigenvalue weighted by Crippen LogP contribution is 2.29. The smallest absolute Gasteiger partial charge is 0.340 e. The van der Waals surface area contributed by atoms with E-state index >= 15 is 0 Å². The molecule has 0 unspecified atom stereocenters. The number of fused-ring (bicyclic) bond motifs is 1. The number of likely N-dealkylation sites (N-methyl/N-ethyl adjacent to an activating group) is 1. The number of aromatic nitrogens is 2. The van der Waals surface area contributed by atoms with Crippen LogP contribution in [0.5, 0.6) is 0 Å². The zero-order valence-corrected chi connectivity index (χ0v) is 15.3. The monoisotopic (exact) mass is 389 g/mol. The van der Waals surface area contributed by atoms with E-state index in [0.29, 0.717) is 16.5 Å². The van der Waals surface area contributed by atoms with Crippen LogP contribution in [0.15, 0.2) is 53.6 Å². The third-order valence-electron chi connectivity index (χ3n) is 4.49. The first-order valence-electron chi connectivity index (χ1n) is 8.51. The Balaban J connectivity index is 1.73. The van der Waals surface area contributed by atoms with Crippen LogP contribution in [-0.2, 0) is 24.1 Å². The molecule has 0 radical (unpaired) electrons. The van der Waals surface area contributed by atoms with E-state index in [2.05, 4.69) is 4.98 Å². The summed E-state index contributed by atoms with van der Waals surface area (Å²) in [5.74, 6) is -0.351. The number of alkyl halides is 3. The Morgan fingerprint density at radius 1 is 1.14 bits per heavy atom. The predicted molar refractivity (Wildman–Crippen MR) is 98.7 cm³/mol. The quantitative estimate of drug-likeness (QED) is 0.687. The predicted octanol–water partition coefficient (Wildman–Crippen LogP) is 3.38. The number of hydrogen-bond acceptors (Lipinski definition) is 3. The molecule has 0 aliphatic rings. The maximum Gasteiger partial charge on any atom is 0.416 e. The lowest BCUT2D eigenvalue weighted by Gasteiger charge is -2.18. The van der Waals surface area contributed by atoms with Gasteiger partial charge in [0.1, 0.15) is 6.54 Å². The summed E-state index contributed by atoms with van der Waals surface area (Å²) < 4.78 is 39.1. The molecule has 2 aromatic carbocycles. The number of nitrogens with zero attached hydrogens (tertiary/aromatic N) is 3. The van der Waals surface area contributed by atoms with Crippen LogP contribution in [-0.4, -0.2) is 27.4 Å². The fraction of sp³-hybridized carbons (Fsp3) is 0.250. The Morgan fingerprint density at radius 3 is 2.46 bits per heavy atom. The molecule has 0 bridgehead atoms. The van der Waals surface area contributed by atoms with E-state index in [0.717, 1.165) is 17.7 Å². The molecule has 146 valence electrons. The first kappa shape index (κ1) is 19.6. The van der Waals surface area contributed by atoms with Crippen molar-refractivity contribution in [3.8, 4) is 0 Å². The van der Waals surface area contributed by atoms with Crippen molar-refractivity contribution in [3.05, 3.63) is 75.8 Å². The summed E-state index contributed by atoms with van der Waals surface area (Å²) >= 11 is 0. The van der Waals surface area contributed by atoms with Gasteiger partial charge >= 0.3 is 6.18 Å². The molecule has 3 rings (SSSR count). The molecule has 1 aromatic heterocycles. The molecule has 0 aliphatic carbocycles. The lowest BCUT2D eigenvalue weighted by atomic mass is 10.1. The highest BCUT2D eigenvalue weighted by atomic mass is 19.4. The van der Waals surface area contributed by atoms with Gasteiger partial charge in [-0.3, -0.25) is 14.2 Å². The lowest BCUT2D eigenvalue weighted by molar-refractivity contribution is -0.137. The second kappa shape index (κ2) is 7.46. The maximum atomic E-state index is 12.6. The second-order valence-corrected chi connectivity index (χ2v) is 6.59. The Labute approximate surface area is 159 Å². The molecule has 1 amide bonds. The van der Waals surface area contributed by atoms with Gasteiger partial charge in [0.05, 0.1) is 22.8 Å². The van der Waals surface area contributed by atoms with Gasteiger partial charge in [-0.05, 0) is 36.2 Å². The number of aryl methyl sites for hydroxylation is 1. The molecule has 0 spiro atoms. The molecule has 28 heavy (non-hydrogen) atoms. The topological polar surface area (TPSA) is 55.2 Å². The molecule has 0 aliphatic heterocycles. The summed E-state index contributed by atoms with van der Waals surface area (Å²) in [4.78, 5) is 30.6. The molecule has 1 heterocycles. The standard InChI is InChI=1S/C20H18F3N3O2/c1-13-4-3-5-16-18(13)24-12-26(19(16)28)11-17(27)25(2)10-14-6-8-15(9-7-14)20(21,22)23/h3-9,12H,10-11H2,1-2H3. The third-order valence-corrected chi connectivity index (χ3v) is 4.49.